The number of carbonyl (C=O) groups is 1. The van der Waals surface area contributed by atoms with Gasteiger partial charge in [0, 0.05) is 6.20 Å². The van der Waals surface area contributed by atoms with Crippen LogP contribution in [0.2, 0.25) is 0 Å². The fourth-order valence-corrected chi connectivity index (χ4v) is 1.64. The van der Waals surface area contributed by atoms with E-state index in [1.807, 2.05) is 0 Å². The van der Waals surface area contributed by atoms with E-state index in [0.717, 1.165) is 5.00 Å². The summed E-state index contributed by atoms with van der Waals surface area (Å²) in [6.07, 6.45) is 4.80. The highest BCUT2D eigenvalue weighted by Crippen LogP contribution is 2.12. The van der Waals surface area contributed by atoms with Crippen LogP contribution in [-0.2, 0) is 4.74 Å². The van der Waals surface area contributed by atoms with Crippen LogP contribution in [0, 0.1) is 0 Å². The van der Waals surface area contributed by atoms with Crippen molar-refractivity contribution in [3.63, 3.8) is 0 Å². The van der Waals surface area contributed by atoms with Gasteiger partial charge in [0.2, 0.25) is 0 Å². The minimum Gasteiger partial charge on any atom is -0.462 e. The number of aromatic nitrogens is 3. The molecule has 2 heterocycles. The zero-order chi connectivity index (χ0) is 10.7. The van der Waals surface area contributed by atoms with Crippen LogP contribution in [0.1, 0.15) is 17.3 Å². The standard InChI is InChI=1S/C9H9N3O2S/c1-2-14-9(13)7-3-11-12(5-7)8-4-10-6-15-8/h3-6H,2H2,1H3. The van der Waals surface area contributed by atoms with Gasteiger partial charge in [-0.2, -0.15) is 5.10 Å². The van der Waals surface area contributed by atoms with Crippen LogP contribution >= 0.6 is 11.3 Å². The Balaban J connectivity index is 2.21. The smallest absolute Gasteiger partial charge is 0.341 e. The van der Waals surface area contributed by atoms with Crippen molar-refractivity contribution in [3.8, 4) is 5.00 Å². The highest BCUT2D eigenvalue weighted by atomic mass is 32.1. The van der Waals surface area contributed by atoms with Gasteiger partial charge in [-0.15, -0.1) is 11.3 Å². The lowest BCUT2D eigenvalue weighted by Crippen LogP contribution is -2.03. The third-order valence-corrected chi connectivity index (χ3v) is 2.50. The van der Waals surface area contributed by atoms with E-state index in [2.05, 4.69) is 10.1 Å². The molecule has 0 aliphatic rings. The van der Waals surface area contributed by atoms with Crippen molar-refractivity contribution in [1.29, 1.82) is 0 Å². The van der Waals surface area contributed by atoms with Crippen molar-refractivity contribution in [1.82, 2.24) is 14.8 Å². The molecule has 0 amide bonds. The Hall–Kier alpha value is -1.69. The molecule has 15 heavy (non-hydrogen) atoms. The van der Waals surface area contributed by atoms with Crippen LogP contribution in [0.25, 0.3) is 5.00 Å². The summed E-state index contributed by atoms with van der Waals surface area (Å²) < 4.78 is 6.46. The Labute approximate surface area is 90.3 Å². The molecule has 5 nitrogen and oxygen atoms in total. The number of ether oxygens (including phenoxy) is 1. The van der Waals surface area contributed by atoms with Crippen LogP contribution in [0.5, 0.6) is 0 Å². The summed E-state index contributed by atoms with van der Waals surface area (Å²) in [5, 5.41) is 4.91. The first kappa shape index (κ1) is 9.85. The van der Waals surface area contributed by atoms with Gasteiger partial charge in [0.05, 0.1) is 30.1 Å². The number of nitrogens with zero attached hydrogens (tertiary/aromatic N) is 3. The van der Waals surface area contributed by atoms with E-state index in [4.69, 9.17) is 4.74 Å². The maximum atomic E-state index is 11.3. The molecule has 0 saturated carbocycles. The van der Waals surface area contributed by atoms with E-state index < -0.39 is 0 Å². The second-order valence-electron chi connectivity index (χ2n) is 2.73. The van der Waals surface area contributed by atoms with Gasteiger partial charge >= 0.3 is 5.97 Å². The Bertz CT molecular complexity index is 450. The number of thiazole rings is 1. The Morgan fingerprint density at radius 1 is 1.60 bits per heavy atom. The number of carbonyl (C=O) groups excluding carboxylic acids is 1. The number of hydrogen-bond donors (Lipinski definition) is 0. The number of rotatable bonds is 3. The molecule has 2 aromatic heterocycles. The molecular formula is C9H9N3O2S. The molecule has 0 saturated heterocycles. The van der Waals surface area contributed by atoms with E-state index in [1.165, 1.54) is 17.5 Å². The molecule has 0 fully saturated rings. The van der Waals surface area contributed by atoms with Gasteiger partial charge in [-0.3, -0.25) is 4.98 Å². The largest absolute Gasteiger partial charge is 0.462 e. The first-order valence-corrected chi connectivity index (χ1v) is 5.30. The maximum Gasteiger partial charge on any atom is 0.341 e. The summed E-state index contributed by atoms with van der Waals surface area (Å²) in [6.45, 7) is 2.14. The highest BCUT2D eigenvalue weighted by molar-refractivity contribution is 7.12. The summed E-state index contributed by atoms with van der Waals surface area (Å²) in [5.74, 6) is -0.353. The topological polar surface area (TPSA) is 57.0 Å². The van der Waals surface area contributed by atoms with Crippen LogP contribution in [0.3, 0.4) is 0 Å². The molecule has 0 unspecified atom stereocenters. The predicted octanol–water partition coefficient (Wildman–Crippen LogP) is 1.51. The third-order valence-electron chi connectivity index (χ3n) is 1.74. The van der Waals surface area contributed by atoms with Gasteiger partial charge in [0.15, 0.2) is 0 Å². The van der Waals surface area contributed by atoms with Crippen molar-refractivity contribution < 1.29 is 9.53 Å². The van der Waals surface area contributed by atoms with Gasteiger partial charge in [-0.05, 0) is 6.92 Å². The highest BCUT2D eigenvalue weighted by Gasteiger charge is 2.10. The predicted molar refractivity (Wildman–Crippen MR) is 55.2 cm³/mol. The number of hydrogen-bond acceptors (Lipinski definition) is 5. The molecule has 6 heteroatoms. The van der Waals surface area contributed by atoms with Crippen molar-refractivity contribution in [2.24, 2.45) is 0 Å². The van der Waals surface area contributed by atoms with Gasteiger partial charge in [-0.25, -0.2) is 9.48 Å². The summed E-state index contributed by atoms with van der Waals surface area (Å²) >= 11 is 1.45. The lowest BCUT2D eigenvalue weighted by Gasteiger charge is -1.96. The molecule has 0 N–H and O–H groups in total. The number of esters is 1. The van der Waals surface area contributed by atoms with E-state index in [1.54, 1.807) is 29.5 Å². The van der Waals surface area contributed by atoms with Crippen molar-refractivity contribution in [2.75, 3.05) is 6.61 Å². The summed E-state index contributed by atoms with van der Waals surface area (Å²) in [4.78, 5) is 15.3. The van der Waals surface area contributed by atoms with Crippen molar-refractivity contribution >= 4 is 17.3 Å². The zero-order valence-electron chi connectivity index (χ0n) is 8.08. The Morgan fingerprint density at radius 3 is 3.13 bits per heavy atom. The normalized spacial score (nSPS) is 10.2. The average Bonchev–Trinajstić information content (AvgIpc) is 2.89. The van der Waals surface area contributed by atoms with E-state index in [-0.39, 0.29) is 5.97 Å². The molecule has 0 spiro atoms. The summed E-state index contributed by atoms with van der Waals surface area (Å²) in [7, 11) is 0. The molecule has 0 bridgehead atoms. The first-order chi connectivity index (χ1) is 7.31. The molecule has 0 atom stereocenters. The van der Waals surface area contributed by atoms with Gasteiger partial charge in [-0.1, -0.05) is 0 Å². The minimum absolute atomic E-state index is 0.353. The second-order valence-corrected chi connectivity index (χ2v) is 3.60. The van der Waals surface area contributed by atoms with Crippen LogP contribution in [-0.4, -0.2) is 27.3 Å². The average molecular weight is 223 g/mol. The molecule has 78 valence electrons. The molecule has 0 aliphatic heterocycles. The van der Waals surface area contributed by atoms with Gasteiger partial charge in [0.25, 0.3) is 0 Å². The van der Waals surface area contributed by atoms with Crippen LogP contribution in [0.15, 0.2) is 24.1 Å². The van der Waals surface area contributed by atoms with Gasteiger partial charge in [0.1, 0.15) is 5.00 Å². The quantitative estimate of drug-likeness (QED) is 0.740. The third kappa shape index (κ3) is 2.04. The van der Waals surface area contributed by atoms with E-state index in [0.29, 0.717) is 12.2 Å². The molecular weight excluding hydrogens is 214 g/mol. The molecule has 2 aromatic rings. The van der Waals surface area contributed by atoms with Crippen molar-refractivity contribution in [2.45, 2.75) is 6.92 Å². The second kappa shape index (κ2) is 4.22. The molecule has 0 aliphatic carbocycles. The van der Waals surface area contributed by atoms with E-state index in [9.17, 15) is 4.79 Å². The lowest BCUT2D eigenvalue weighted by atomic mass is 10.4. The fourth-order valence-electron chi connectivity index (χ4n) is 1.09. The summed E-state index contributed by atoms with van der Waals surface area (Å²) in [6, 6.07) is 0. The van der Waals surface area contributed by atoms with Gasteiger partial charge < -0.3 is 4.74 Å². The SMILES string of the molecule is CCOC(=O)c1cnn(-c2cncs2)c1. The van der Waals surface area contributed by atoms with Crippen LogP contribution < -0.4 is 0 Å². The molecule has 0 aromatic carbocycles. The lowest BCUT2D eigenvalue weighted by molar-refractivity contribution is 0.0526. The van der Waals surface area contributed by atoms with Crippen LogP contribution in [0.4, 0.5) is 0 Å². The minimum atomic E-state index is -0.353. The Morgan fingerprint density at radius 2 is 2.47 bits per heavy atom. The monoisotopic (exact) mass is 223 g/mol. The molecule has 2 rings (SSSR count). The Kier molecular flexibility index (Phi) is 2.77. The zero-order valence-corrected chi connectivity index (χ0v) is 8.90. The maximum absolute atomic E-state index is 11.3. The molecule has 0 radical (unpaired) electrons. The summed E-state index contributed by atoms with van der Waals surface area (Å²) in [5.41, 5.74) is 2.16. The first-order valence-electron chi connectivity index (χ1n) is 4.42. The van der Waals surface area contributed by atoms with Crippen molar-refractivity contribution in [3.05, 3.63) is 29.7 Å². The van der Waals surface area contributed by atoms with E-state index >= 15 is 0 Å². The fraction of sp³-hybridized carbons (Fsp3) is 0.222.